The van der Waals surface area contributed by atoms with Crippen molar-refractivity contribution in [1.82, 2.24) is 0 Å². The van der Waals surface area contributed by atoms with Crippen LogP contribution < -0.4 is 4.74 Å². The van der Waals surface area contributed by atoms with E-state index in [4.69, 9.17) is 4.74 Å². The van der Waals surface area contributed by atoms with Crippen LogP contribution in [0.2, 0.25) is 0 Å². The van der Waals surface area contributed by atoms with Crippen molar-refractivity contribution in [1.29, 1.82) is 0 Å². The Labute approximate surface area is 90.2 Å². The van der Waals surface area contributed by atoms with Gasteiger partial charge in [0.25, 0.3) is 0 Å². The summed E-state index contributed by atoms with van der Waals surface area (Å²) in [6.07, 6.45) is 0.509. The third-order valence-corrected chi connectivity index (χ3v) is 2.31. The predicted octanol–water partition coefficient (Wildman–Crippen LogP) is 3.90. The molecule has 78 valence electrons. The van der Waals surface area contributed by atoms with Crippen molar-refractivity contribution < 1.29 is 13.5 Å². The zero-order chi connectivity index (χ0) is 10.7. The average Bonchev–Trinajstić information content (AvgIpc) is 2.10. The van der Waals surface area contributed by atoms with Crippen LogP contribution in [0.25, 0.3) is 0 Å². The highest BCUT2D eigenvalue weighted by Gasteiger charge is 2.13. The maximum atomic E-state index is 13.2. The lowest BCUT2D eigenvalue weighted by atomic mass is 10.3. The Morgan fingerprint density at radius 3 is 2.29 bits per heavy atom. The Bertz CT molecular complexity index is 305. The summed E-state index contributed by atoms with van der Waals surface area (Å²) in [5.41, 5.74) is 0. The standard InChI is InChI=1S/C10H11BrF2O/c1-3-6(2)14-10-8(12)4-7(11)5-9(10)13/h4-6H,3H2,1-2H3. The molecule has 1 aromatic carbocycles. The summed E-state index contributed by atoms with van der Waals surface area (Å²) in [6, 6.07) is 2.36. The fourth-order valence-electron chi connectivity index (χ4n) is 0.926. The van der Waals surface area contributed by atoms with Gasteiger partial charge in [-0.25, -0.2) is 8.78 Å². The van der Waals surface area contributed by atoms with Gasteiger partial charge in [-0.2, -0.15) is 0 Å². The van der Waals surface area contributed by atoms with Gasteiger partial charge >= 0.3 is 0 Å². The number of halogens is 3. The first kappa shape index (κ1) is 11.4. The van der Waals surface area contributed by atoms with E-state index >= 15 is 0 Å². The first-order chi connectivity index (χ1) is 6.54. The Morgan fingerprint density at radius 1 is 1.36 bits per heavy atom. The van der Waals surface area contributed by atoms with Gasteiger partial charge in [0, 0.05) is 4.47 Å². The highest BCUT2D eigenvalue weighted by Crippen LogP contribution is 2.26. The number of hydrogen-bond donors (Lipinski definition) is 0. The number of benzene rings is 1. The molecule has 1 atom stereocenters. The van der Waals surface area contributed by atoms with Gasteiger partial charge in [0.1, 0.15) is 0 Å². The first-order valence-corrected chi connectivity index (χ1v) is 5.15. The third-order valence-electron chi connectivity index (χ3n) is 1.86. The maximum absolute atomic E-state index is 13.2. The van der Waals surface area contributed by atoms with Gasteiger partial charge < -0.3 is 4.74 Å². The van der Waals surface area contributed by atoms with Crippen molar-refractivity contribution in [3.05, 3.63) is 28.2 Å². The molecule has 0 amide bonds. The normalized spacial score (nSPS) is 12.6. The lowest BCUT2D eigenvalue weighted by Crippen LogP contribution is -2.12. The third kappa shape index (κ3) is 2.67. The minimum absolute atomic E-state index is 0.194. The van der Waals surface area contributed by atoms with Crippen LogP contribution in [0, 0.1) is 11.6 Å². The van der Waals surface area contributed by atoms with Crippen LogP contribution in [0.4, 0.5) is 8.78 Å². The van der Waals surface area contributed by atoms with E-state index in [9.17, 15) is 8.78 Å². The molecule has 0 N–H and O–H groups in total. The maximum Gasteiger partial charge on any atom is 0.191 e. The van der Waals surface area contributed by atoms with E-state index < -0.39 is 11.6 Å². The SMILES string of the molecule is CCC(C)Oc1c(F)cc(Br)cc1F. The second-order valence-electron chi connectivity index (χ2n) is 3.04. The van der Waals surface area contributed by atoms with Gasteiger partial charge in [0.2, 0.25) is 0 Å². The fourth-order valence-corrected chi connectivity index (χ4v) is 1.33. The second-order valence-corrected chi connectivity index (χ2v) is 3.95. The summed E-state index contributed by atoms with van der Waals surface area (Å²) < 4.78 is 31.9. The Morgan fingerprint density at radius 2 is 1.86 bits per heavy atom. The minimum atomic E-state index is -0.683. The predicted molar refractivity (Wildman–Crippen MR) is 54.4 cm³/mol. The summed E-state index contributed by atoms with van der Waals surface area (Å²) in [6.45, 7) is 3.65. The lowest BCUT2D eigenvalue weighted by molar-refractivity contribution is 0.197. The van der Waals surface area contributed by atoms with Crippen LogP contribution in [0.5, 0.6) is 5.75 Å². The smallest absolute Gasteiger partial charge is 0.191 e. The molecule has 0 aliphatic heterocycles. The van der Waals surface area contributed by atoms with Crippen LogP contribution in [0.1, 0.15) is 20.3 Å². The molecule has 0 saturated carbocycles. The minimum Gasteiger partial charge on any atom is -0.485 e. The summed E-state index contributed by atoms with van der Waals surface area (Å²) in [5, 5.41) is 0. The topological polar surface area (TPSA) is 9.23 Å². The van der Waals surface area contributed by atoms with Crippen LogP contribution in [-0.4, -0.2) is 6.10 Å². The van der Waals surface area contributed by atoms with Crippen molar-refractivity contribution in [2.24, 2.45) is 0 Å². The zero-order valence-corrected chi connectivity index (χ0v) is 9.57. The summed E-state index contributed by atoms with van der Waals surface area (Å²) in [7, 11) is 0. The van der Waals surface area contributed by atoms with Gasteiger partial charge in [0.15, 0.2) is 17.4 Å². The Kier molecular flexibility index (Phi) is 3.86. The molecule has 0 radical (unpaired) electrons. The van der Waals surface area contributed by atoms with Crippen molar-refractivity contribution >= 4 is 15.9 Å². The van der Waals surface area contributed by atoms with E-state index in [1.54, 1.807) is 6.92 Å². The van der Waals surface area contributed by atoms with E-state index in [1.807, 2.05) is 6.92 Å². The monoisotopic (exact) mass is 264 g/mol. The van der Waals surface area contributed by atoms with Gasteiger partial charge in [-0.3, -0.25) is 0 Å². The summed E-state index contributed by atoms with van der Waals surface area (Å²) in [4.78, 5) is 0. The van der Waals surface area contributed by atoms with E-state index in [2.05, 4.69) is 15.9 Å². The summed E-state index contributed by atoms with van der Waals surface area (Å²) >= 11 is 2.99. The second kappa shape index (κ2) is 4.73. The number of ether oxygens (including phenoxy) is 1. The van der Waals surface area contributed by atoms with E-state index in [-0.39, 0.29) is 11.9 Å². The van der Waals surface area contributed by atoms with Gasteiger partial charge in [-0.1, -0.05) is 22.9 Å². The molecular weight excluding hydrogens is 254 g/mol. The molecule has 14 heavy (non-hydrogen) atoms. The molecule has 0 spiro atoms. The molecular formula is C10H11BrF2O. The molecule has 1 nitrogen and oxygen atoms in total. The largest absolute Gasteiger partial charge is 0.485 e. The molecule has 1 unspecified atom stereocenters. The zero-order valence-electron chi connectivity index (χ0n) is 7.98. The fraction of sp³-hybridized carbons (Fsp3) is 0.400. The lowest BCUT2D eigenvalue weighted by Gasteiger charge is -2.13. The van der Waals surface area contributed by atoms with Gasteiger partial charge in [-0.05, 0) is 25.5 Å². The molecule has 0 heterocycles. The number of hydrogen-bond acceptors (Lipinski definition) is 1. The molecule has 1 aromatic rings. The van der Waals surface area contributed by atoms with Crippen LogP contribution in [0.15, 0.2) is 16.6 Å². The molecule has 4 heteroatoms. The van der Waals surface area contributed by atoms with Crippen molar-refractivity contribution in [2.45, 2.75) is 26.4 Å². The van der Waals surface area contributed by atoms with Crippen LogP contribution in [-0.2, 0) is 0 Å². The summed E-state index contributed by atoms with van der Waals surface area (Å²) in [5.74, 6) is -1.67. The van der Waals surface area contributed by atoms with E-state index in [1.165, 1.54) is 12.1 Å². The van der Waals surface area contributed by atoms with Crippen molar-refractivity contribution in [3.63, 3.8) is 0 Å². The Hall–Kier alpha value is -0.640. The molecule has 0 aliphatic carbocycles. The molecule has 0 aromatic heterocycles. The van der Waals surface area contributed by atoms with Gasteiger partial charge in [0.05, 0.1) is 6.10 Å². The Balaban J connectivity index is 2.96. The average molecular weight is 265 g/mol. The molecule has 0 fully saturated rings. The highest BCUT2D eigenvalue weighted by atomic mass is 79.9. The molecule has 0 saturated heterocycles. The van der Waals surface area contributed by atoms with Crippen molar-refractivity contribution in [3.8, 4) is 5.75 Å². The van der Waals surface area contributed by atoms with E-state index in [0.29, 0.717) is 10.9 Å². The van der Waals surface area contributed by atoms with Gasteiger partial charge in [-0.15, -0.1) is 0 Å². The highest BCUT2D eigenvalue weighted by molar-refractivity contribution is 9.10. The quantitative estimate of drug-likeness (QED) is 0.805. The first-order valence-electron chi connectivity index (χ1n) is 4.35. The molecule has 0 aliphatic rings. The van der Waals surface area contributed by atoms with Crippen LogP contribution in [0.3, 0.4) is 0 Å². The van der Waals surface area contributed by atoms with E-state index in [0.717, 1.165) is 0 Å². The molecule has 1 rings (SSSR count). The van der Waals surface area contributed by atoms with Crippen LogP contribution >= 0.6 is 15.9 Å². The van der Waals surface area contributed by atoms with Crippen molar-refractivity contribution in [2.75, 3.05) is 0 Å². The number of rotatable bonds is 3. The molecule has 0 bridgehead atoms.